The molecule has 0 aliphatic heterocycles. The maximum atomic E-state index is 5.29. The molecule has 1 unspecified atom stereocenters. The molecule has 0 radical (unpaired) electrons. The van der Waals surface area contributed by atoms with Gasteiger partial charge in [-0.25, -0.2) is 0 Å². The van der Waals surface area contributed by atoms with Crippen LogP contribution in [-0.2, 0) is 0 Å². The number of hydrogen-bond donors (Lipinski definition) is 1. The summed E-state index contributed by atoms with van der Waals surface area (Å²) in [6.07, 6.45) is 7.13. The molecule has 0 aromatic rings. The van der Waals surface area contributed by atoms with Gasteiger partial charge in [-0.15, -0.1) is 0 Å². The molecule has 3 heteroatoms. The van der Waals surface area contributed by atoms with Crippen molar-refractivity contribution in [1.82, 2.24) is 10.2 Å². The first-order chi connectivity index (χ1) is 6.72. The van der Waals surface area contributed by atoms with Gasteiger partial charge in [0.25, 0.3) is 0 Å². The van der Waals surface area contributed by atoms with Gasteiger partial charge in [0.2, 0.25) is 0 Å². The molecule has 3 aliphatic rings. The summed E-state index contributed by atoms with van der Waals surface area (Å²) in [5.74, 6) is 1.88. The fourth-order valence-electron chi connectivity index (χ4n) is 3.14. The van der Waals surface area contributed by atoms with Gasteiger partial charge in [-0.05, 0) is 43.3 Å². The first-order valence-corrected chi connectivity index (χ1v) is 6.07. The largest absolute Gasteiger partial charge is 0.366 e. The van der Waals surface area contributed by atoms with E-state index in [9.17, 15) is 0 Å². The van der Waals surface area contributed by atoms with Crippen LogP contribution in [0.25, 0.3) is 0 Å². The normalized spacial score (nSPS) is 35.4. The lowest BCUT2D eigenvalue weighted by molar-refractivity contribution is 0.0832. The molecule has 2 nitrogen and oxygen atoms in total. The monoisotopic (exact) mass is 212 g/mol. The molecule has 3 fully saturated rings. The zero-order chi connectivity index (χ0) is 10.1. The Labute approximate surface area is 92.0 Å². The summed E-state index contributed by atoms with van der Waals surface area (Å²) in [6, 6.07) is 0.711. The van der Waals surface area contributed by atoms with Crippen LogP contribution in [0.3, 0.4) is 0 Å². The average Bonchev–Trinajstić information content (AvgIpc) is 2.28. The number of hydrogen-bond acceptors (Lipinski definition) is 1. The van der Waals surface area contributed by atoms with Crippen molar-refractivity contribution in [1.29, 1.82) is 0 Å². The van der Waals surface area contributed by atoms with E-state index in [-0.39, 0.29) is 0 Å². The minimum Gasteiger partial charge on any atom is -0.366 e. The van der Waals surface area contributed by atoms with E-state index in [1.54, 1.807) is 0 Å². The highest BCUT2D eigenvalue weighted by Gasteiger charge is 2.37. The third kappa shape index (κ3) is 1.74. The van der Waals surface area contributed by atoms with Crippen molar-refractivity contribution >= 4 is 17.3 Å². The van der Waals surface area contributed by atoms with Crippen molar-refractivity contribution in [3.63, 3.8) is 0 Å². The lowest BCUT2D eigenvalue weighted by Crippen LogP contribution is -2.50. The number of fused-ring (bicyclic) bond motifs is 3. The van der Waals surface area contributed by atoms with Crippen molar-refractivity contribution in [3.8, 4) is 0 Å². The Kier molecular flexibility index (Phi) is 2.96. The highest BCUT2D eigenvalue weighted by Crippen LogP contribution is 2.43. The maximum absolute atomic E-state index is 5.29. The minimum absolute atomic E-state index is 0.711. The van der Waals surface area contributed by atoms with Gasteiger partial charge in [0.05, 0.1) is 0 Å². The Morgan fingerprint density at radius 3 is 2.36 bits per heavy atom. The first kappa shape index (κ1) is 10.2. The molecule has 80 valence electrons. The first-order valence-electron chi connectivity index (χ1n) is 5.67. The van der Waals surface area contributed by atoms with Gasteiger partial charge >= 0.3 is 0 Å². The second-order valence-corrected chi connectivity index (χ2v) is 5.14. The van der Waals surface area contributed by atoms with Crippen LogP contribution in [0.1, 0.15) is 32.1 Å². The van der Waals surface area contributed by atoms with Gasteiger partial charge in [0.1, 0.15) is 0 Å². The Morgan fingerprint density at radius 1 is 1.29 bits per heavy atom. The van der Waals surface area contributed by atoms with Crippen LogP contribution < -0.4 is 5.32 Å². The van der Waals surface area contributed by atoms with Gasteiger partial charge < -0.3 is 10.2 Å². The molecule has 0 aromatic heterocycles. The van der Waals surface area contributed by atoms with E-state index in [1.165, 1.54) is 32.1 Å². The molecule has 3 rings (SSSR count). The van der Waals surface area contributed by atoms with Crippen molar-refractivity contribution < 1.29 is 0 Å². The van der Waals surface area contributed by atoms with Crippen molar-refractivity contribution in [2.45, 2.75) is 38.1 Å². The molecule has 0 spiro atoms. The number of nitrogens with zero attached hydrogens (tertiary/aromatic N) is 1. The average molecular weight is 212 g/mol. The molecule has 1 N–H and O–H groups in total. The summed E-state index contributed by atoms with van der Waals surface area (Å²) in [6.45, 7) is 0. The zero-order valence-corrected chi connectivity index (χ0v) is 9.94. The van der Waals surface area contributed by atoms with Gasteiger partial charge in [-0.2, -0.15) is 0 Å². The molecule has 2 bridgehead atoms. The van der Waals surface area contributed by atoms with E-state index in [0.717, 1.165) is 16.9 Å². The standard InChI is InChI=1S/C11H20N2S/c1-12-11(14)13(2)10-7-8-3-5-9(10)6-4-8/h8-10H,3-7H2,1-2H3,(H,12,14). The van der Waals surface area contributed by atoms with Crippen molar-refractivity contribution in [3.05, 3.63) is 0 Å². The van der Waals surface area contributed by atoms with E-state index >= 15 is 0 Å². The molecule has 14 heavy (non-hydrogen) atoms. The molecule has 0 amide bonds. The van der Waals surface area contributed by atoms with E-state index in [4.69, 9.17) is 12.2 Å². The summed E-state index contributed by atoms with van der Waals surface area (Å²) in [5.41, 5.74) is 0. The summed E-state index contributed by atoms with van der Waals surface area (Å²) in [7, 11) is 4.06. The zero-order valence-electron chi connectivity index (χ0n) is 9.12. The van der Waals surface area contributed by atoms with Crippen molar-refractivity contribution in [2.24, 2.45) is 11.8 Å². The number of nitrogens with one attached hydrogen (secondary N) is 1. The van der Waals surface area contributed by atoms with E-state index in [2.05, 4.69) is 17.3 Å². The van der Waals surface area contributed by atoms with Crippen molar-refractivity contribution in [2.75, 3.05) is 14.1 Å². The summed E-state index contributed by atoms with van der Waals surface area (Å²) < 4.78 is 0. The smallest absolute Gasteiger partial charge is 0.168 e. The van der Waals surface area contributed by atoms with Crippen LogP contribution >= 0.6 is 12.2 Å². The molecule has 0 saturated heterocycles. The molecular formula is C11H20N2S. The molecular weight excluding hydrogens is 192 g/mol. The second kappa shape index (κ2) is 4.05. The van der Waals surface area contributed by atoms with E-state index in [0.29, 0.717) is 6.04 Å². The quantitative estimate of drug-likeness (QED) is 0.669. The van der Waals surface area contributed by atoms with Gasteiger partial charge in [0.15, 0.2) is 5.11 Å². The Bertz CT molecular complexity index is 221. The van der Waals surface area contributed by atoms with Crippen LogP contribution in [0.15, 0.2) is 0 Å². The number of rotatable bonds is 1. The summed E-state index contributed by atoms with van der Waals surface area (Å²) in [5, 5.41) is 3.98. The Hall–Kier alpha value is -0.310. The van der Waals surface area contributed by atoms with Crippen LogP contribution in [0.2, 0.25) is 0 Å². The van der Waals surface area contributed by atoms with Gasteiger partial charge in [-0.1, -0.05) is 12.8 Å². The van der Waals surface area contributed by atoms with Gasteiger partial charge in [-0.3, -0.25) is 0 Å². The third-order valence-corrected chi connectivity index (χ3v) is 4.53. The van der Waals surface area contributed by atoms with E-state index in [1.807, 2.05) is 7.05 Å². The predicted molar refractivity (Wildman–Crippen MR) is 63.3 cm³/mol. The van der Waals surface area contributed by atoms with Crippen LogP contribution in [-0.4, -0.2) is 30.1 Å². The maximum Gasteiger partial charge on any atom is 0.168 e. The van der Waals surface area contributed by atoms with Gasteiger partial charge in [0, 0.05) is 20.1 Å². The molecule has 0 aromatic carbocycles. The molecule has 3 aliphatic carbocycles. The number of thiocarbonyl (C=S) groups is 1. The molecule has 0 heterocycles. The van der Waals surface area contributed by atoms with Crippen LogP contribution in [0.4, 0.5) is 0 Å². The fourth-order valence-corrected chi connectivity index (χ4v) is 3.28. The van der Waals surface area contributed by atoms with Crippen LogP contribution in [0.5, 0.6) is 0 Å². The third-order valence-electron chi connectivity index (χ3n) is 4.04. The molecule has 1 atom stereocenters. The molecule has 3 saturated carbocycles. The topological polar surface area (TPSA) is 15.3 Å². The lowest BCUT2D eigenvalue weighted by Gasteiger charge is -2.46. The highest BCUT2D eigenvalue weighted by atomic mass is 32.1. The van der Waals surface area contributed by atoms with Crippen LogP contribution in [0, 0.1) is 11.8 Å². The summed E-state index contributed by atoms with van der Waals surface area (Å²) in [4.78, 5) is 2.28. The Morgan fingerprint density at radius 2 is 1.93 bits per heavy atom. The fraction of sp³-hybridized carbons (Fsp3) is 0.909. The second-order valence-electron chi connectivity index (χ2n) is 4.75. The SMILES string of the molecule is CNC(=S)N(C)C1CC2CCC1CC2. The van der Waals surface area contributed by atoms with E-state index < -0.39 is 0 Å². The summed E-state index contributed by atoms with van der Waals surface area (Å²) >= 11 is 5.29. The predicted octanol–water partition coefficient (Wildman–Crippen LogP) is 2.00. The lowest BCUT2D eigenvalue weighted by atomic mass is 9.67. The Balaban J connectivity index is 2.01. The highest BCUT2D eigenvalue weighted by molar-refractivity contribution is 7.80. The minimum atomic E-state index is 0.711.